The summed E-state index contributed by atoms with van der Waals surface area (Å²) in [6.45, 7) is 11.5. The average molecular weight is 470 g/mol. The van der Waals surface area contributed by atoms with Crippen LogP contribution in [-0.2, 0) is 9.16 Å². The van der Waals surface area contributed by atoms with Gasteiger partial charge in [0.2, 0.25) is 0 Å². The van der Waals surface area contributed by atoms with Crippen molar-refractivity contribution in [2.75, 3.05) is 12.9 Å². The standard InChI is InChI=1S/C25H35N3O2SSi/c1-18-19(2)24(31-6)30-22(23(18)27-28-26)17-29-32(25(3,4)5,20-13-9-7-10-14-20)21-15-11-8-12-16-21/h7-16,18-19,22-24H,17H2,1-6H3/t18-,19?,22?,23-,24+/m1/s1. The molecule has 2 aromatic carbocycles. The van der Waals surface area contributed by atoms with E-state index in [1.807, 2.05) is 12.1 Å². The van der Waals surface area contributed by atoms with Crippen LogP contribution in [0, 0.1) is 11.8 Å². The minimum absolute atomic E-state index is 0.0582. The van der Waals surface area contributed by atoms with E-state index in [2.05, 4.69) is 99.4 Å². The Hall–Kier alpha value is -1.76. The van der Waals surface area contributed by atoms with Crippen LogP contribution in [0.1, 0.15) is 34.6 Å². The van der Waals surface area contributed by atoms with E-state index in [4.69, 9.17) is 9.16 Å². The summed E-state index contributed by atoms with van der Waals surface area (Å²) in [6.07, 6.45) is 1.79. The van der Waals surface area contributed by atoms with Gasteiger partial charge in [-0.1, -0.05) is 100 Å². The zero-order valence-corrected chi connectivity index (χ0v) is 21.8. The Morgan fingerprint density at radius 3 is 1.97 bits per heavy atom. The van der Waals surface area contributed by atoms with Crippen LogP contribution >= 0.6 is 11.8 Å². The molecule has 0 saturated carbocycles. The highest BCUT2D eigenvalue weighted by Gasteiger charge is 2.51. The van der Waals surface area contributed by atoms with Gasteiger partial charge in [0.1, 0.15) is 5.44 Å². The van der Waals surface area contributed by atoms with Crippen LogP contribution in [0.5, 0.6) is 0 Å². The number of hydrogen-bond donors (Lipinski definition) is 0. The number of ether oxygens (including phenoxy) is 1. The quantitative estimate of drug-likeness (QED) is 0.229. The number of rotatable bonds is 7. The third-order valence-electron chi connectivity index (χ3n) is 6.79. The van der Waals surface area contributed by atoms with Gasteiger partial charge in [-0.15, -0.1) is 11.8 Å². The van der Waals surface area contributed by atoms with Crippen LogP contribution in [0.4, 0.5) is 0 Å². The van der Waals surface area contributed by atoms with Gasteiger partial charge in [-0.3, -0.25) is 0 Å². The molecule has 32 heavy (non-hydrogen) atoms. The van der Waals surface area contributed by atoms with Gasteiger partial charge in [0.15, 0.2) is 0 Å². The minimum atomic E-state index is -2.68. The molecule has 2 aromatic rings. The molecule has 0 N–H and O–H groups in total. The highest BCUT2D eigenvalue weighted by atomic mass is 32.2. The number of thioether (sulfide) groups is 1. The van der Waals surface area contributed by atoms with Crippen LogP contribution in [-0.4, -0.2) is 38.8 Å². The number of hydrogen-bond acceptors (Lipinski definition) is 4. The summed E-state index contributed by atoms with van der Waals surface area (Å²) in [6, 6.07) is 20.9. The molecule has 172 valence electrons. The SMILES string of the molecule is CS[C@@H]1OC(CO[Si](c2ccccc2)(c2ccccc2)C(C)(C)C)[C@H](N=[N+]=[N-])[C@H](C)C1C. The Kier molecular flexibility index (Phi) is 8.12. The number of azide groups is 1. The molecular weight excluding hydrogens is 434 g/mol. The fourth-order valence-electron chi connectivity index (χ4n) is 4.89. The first-order valence-corrected chi connectivity index (χ1v) is 14.4. The van der Waals surface area contributed by atoms with Crippen LogP contribution in [0.25, 0.3) is 10.4 Å². The zero-order valence-electron chi connectivity index (χ0n) is 19.9. The lowest BCUT2D eigenvalue weighted by Crippen LogP contribution is -2.67. The summed E-state index contributed by atoms with van der Waals surface area (Å²) in [5.74, 6) is 0.509. The maximum absolute atomic E-state index is 9.24. The van der Waals surface area contributed by atoms with Gasteiger partial charge in [-0.05, 0) is 39.0 Å². The second kappa shape index (κ2) is 10.4. The fraction of sp³-hybridized carbons (Fsp3) is 0.520. The lowest BCUT2D eigenvalue weighted by Gasteiger charge is -2.46. The molecule has 0 spiro atoms. The molecule has 0 aliphatic carbocycles. The monoisotopic (exact) mass is 469 g/mol. The van der Waals surface area contributed by atoms with E-state index < -0.39 is 8.32 Å². The second-order valence-electron chi connectivity index (χ2n) is 9.67. The molecule has 2 unspecified atom stereocenters. The second-order valence-corrected chi connectivity index (χ2v) is 14.9. The molecular formula is C25H35N3O2SSi. The molecule has 1 aliphatic heterocycles. The largest absolute Gasteiger partial charge is 0.405 e. The van der Waals surface area contributed by atoms with Crippen LogP contribution in [0.15, 0.2) is 65.8 Å². The predicted molar refractivity (Wildman–Crippen MR) is 137 cm³/mol. The van der Waals surface area contributed by atoms with Gasteiger partial charge in [0, 0.05) is 4.91 Å². The van der Waals surface area contributed by atoms with Crippen molar-refractivity contribution in [3.8, 4) is 0 Å². The molecule has 1 heterocycles. The van der Waals surface area contributed by atoms with Gasteiger partial charge in [-0.25, -0.2) is 0 Å². The third-order valence-corrected chi connectivity index (χ3v) is 12.8. The Balaban J connectivity index is 2.04. The maximum Gasteiger partial charge on any atom is 0.261 e. The van der Waals surface area contributed by atoms with Crippen LogP contribution in [0.2, 0.25) is 5.04 Å². The van der Waals surface area contributed by atoms with E-state index in [1.165, 1.54) is 10.4 Å². The lowest BCUT2D eigenvalue weighted by atomic mass is 9.84. The molecule has 3 rings (SSSR count). The summed E-state index contributed by atoms with van der Waals surface area (Å²) in [7, 11) is -2.68. The number of nitrogens with zero attached hydrogens (tertiary/aromatic N) is 3. The van der Waals surface area contributed by atoms with Gasteiger partial charge in [0.25, 0.3) is 8.32 Å². The van der Waals surface area contributed by atoms with E-state index in [0.29, 0.717) is 12.5 Å². The van der Waals surface area contributed by atoms with Crippen molar-refractivity contribution in [3.05, 3.63) is 71.1 Å². The van der Waals surface area contributed by atoms with Crippen molar-refractivity contribution in [2.24, 2.45) is 17.0 Å². The predicted octanol–water partition coefficient (Wildman–Crippen LogP) is 5.60. The normalized spacial score (nSPS) is 26.4. The van der Waals surface area contributed by atoms with Crippen molar-refractivity contribution >= 4 is 30.5 Å². The zero-order chi connectivity index (χ0) is 23.4. The Bertz CT molecular complexity index is 876. The van der Waals surface area contributed by atoms with E-state index in [9.17, 15) is 5.53 Å². The van der Waals surface area contributed by atoms with Crippen molar-refractivity contribution in [3.63, 3.8) is 0 Å². The first-order valence-electron chi connectivity index (χ1n) is 11.2. The molecule has 1 fully saturated rings. The Morgan fingerprint density at radius 1 is 1.00 bits per heavy atom. The van der Waals surface area contributed by atoms with Crippen molar-refractivity contribution in [1.82, 2.24) is 0 Å². The third kappa shape index (κ3) is 4.77. The first-order chi connectivity index (χ1) is 15.3. The molecule has 0 amide bonds. The molecule has 0 radical (unpaired) electrons. The highest BCUT2D eigenvalue weighted by Crippen LogP contribution is 2.40. The smallest absolute Gasteiger partial charge is 0.261 e. The number of benzene rings is 2. The molecule has 5 atom stereocenters. The van der Waals surface area contributed by atoms with Crippen LogP contribution < -0.4 is 10.4 Å². The summed E-state index contributed by atoms with van der Waals surface area (Å²) < 4.78 is 13.5. The summed E-state index contributed by atoms with van der Waals surface area (Å²) in [5, 5.41) is 6.51. The molecule has 0 bridgehead atoms. The van der Waals surface area contributed by atoms with Crippen molar-refractivity contribution < 1.29 is 9.16 Å². The topological polar surface area (TPSA) is 67.2 Å². The van der Waals surface area contributed by atoms with E-state index in [-0.39, 0.29) is 28.5 Å². The van der Waals surface area contributed by atoms with Crippen molar-refractivity contribution in [1.29, 1.82) is 0 Å². The van der Waals surface area contributed by atoms with Crippen molar-refractivity contribution in [2.45, 2.75) is 57.2 Å². The molecule has 1 aliphatic rings. The van der Waals surface area contributed by atoms with Gasteiger partial charge in [-0.2, -0.15) is 0 Å². The maximum atomic E-state index is 9.24. The average Bonchev–Trinajstić information content (AvgIpc) is 2.79. The summed E-state index contributed by atoms with van der Waals surface area (Å²) >= 11 is 1.71. The summed E-state index contributed by atoms with van der Waals surface area (Å²) in [4.78, 5) is 3.15. The first kappa shape index (κ1) is 24.9. The van der Waals surface area contributed by atoms with E-state index >= 15 is 0 Å². The van der Waals surface area contributed by atoms with Crippen LogP contribution in [0.3, 0.4) is 0 Å². The fourth-order valence-corrected chi connectivity index (χ4v) is 10.4. The molecule has 5 nitrogen and oxygen atoms in total. The van der Waals surface area contributed by atoms with Gasteiger partial charge >= 0.3 is 0 Å². The highest BCUT2D eigenvalue weighted by molar-refractivity contribution is 7.99. The molecule has 7 heteroatoms. The molecule has 0 aromatic heterocycles. The van der Waals surface area contributed by atoms with E-state index in [0.717, 1.165) is 0 Å². The van der Waals surface area contributed by atoms with E-state index in [1.54, 1.807) is 11.8 Å². The molecule has 1 saturated heterocycles. The Labute approximate surface area is 197 Å². The van der Waals surface area contributed by atoms with Gasteiger partial charge in [0.05, 0.1) is 18.8 Å². The lowest BCUT2D eigenvalue weighted by molar-refractivity contribution is -0.0876. The van der Waals surface area contributed by atoms with Gasteiger partial charge < -0.3 is 9.16 Å². The Morgan fingerprint density at radius 2 is 1.53 bits per heavy atom. The summed E-state index contributed by atoms with van der Waals surface area (Å²) in [5.41, 5.74) is 9.30. The minimum Gasteiger partial charge on any atom is -0.405 e.